The summed E-state index contributed by atoms with van der Waals surface area (Å²) in [6.07, 6.45) is 3.51. The summed E-state index contributed by atoms with van der Waals surface area (Å²) in [5.74, 6) is 0.125. The van der Waals surface area contributed by atoms with E-state index in [1.165, 1.54) is 12.8 Å². The highest BCUT2D eigenvalue weighted by atomic mass is 16.3. The smallest absolute Gasteiger partial charge is 0.326 e. The molecule has 2 heterocycles. The molecular weight excluding hydrogens is 230 g/mol. The Morgan fingerprint density at radius 3 is 3.06 bits per heavy atom. The fraction of sp³-hybridized carbons (Fsp3) is 0.462. The van der Waals surface area contributed by atoms with Crippen LogP contribution < -0.4 is 11.0 Å². The summed E-state index contributed by atoms with van der Waals surface area (Å²) in [4.78, 5) is 14.6. The normalized spacial score (nSPS) is 20.3. The van der Waals surface area contributed by atoms with E-state index in [2.05, 4.69) is 10.3 Å². The molecule has 1 aliphatic rings. The van der Waals surface area contributed by atoms with E-state index in [1.807, 2.05) is 6.07 Å². The van der Waals surface area contributed by atoms with E-state index in [4.69, 9.17) is 0 Å². The van der Waals surface area contributed by atoms with E-state index >= 15 is 0 Å². The van der Waals surface area contributed by atoms with Crippen molar-refractivity contribution in [1.82, 2.24) is 14.9 Å². The number of H-pyrrole nitrogens is 1. The first kappa shape index (κ1) is 11.3. The zero-order valence-electron chi connectivity index (χ0n) is 10.1. The summed E-state index contributed by atoms with van der Waals surface area (Å²) in [6.45, 7) is 1.68. The molecule has 0 saturated carbocycles. The molecule has 0 amide bonds. The number of hydrogen-bond donors (Lipinski definition) is 3. The molecule has 1 unspecified atom stereocenters. The van der Waals surface area contributed by atoms with Gasteiger partial charge in [0.05, 0.1) is 5.52 Å². The number of nitrogens with one attached hydrogen (secondary N) is 2. The highest BCUT2D eigenvalue weighted by Crippen LogP contribution is 2.21. The van der Waals surface area contributed by atoms with Crippen LogP contribution >= 0.6 is 0 Å². The number of aromatic nitrogens is 2. The Kier molecular flexibility index (Phi) is 2.83. The van der Waals surface area contributed by atoms with Crippen molar-refractivity contribution in [3.63, 3.8) is 0 Å². The third-order valence-electron chi connectivity index (χ3n) is 3.60. The molecule has 1 aromatic carbocycles. The zero-order chi connectivity index (χ0) is 12.5. The highest BCUT2D eigenvalue weighted by Gasteiger charge is 2.16. The molecule has 0 aliphatic carbocycles. The topological polar surface area (TPSA) is 70.0 Å². The van der Waals surface area contributed by atoms with Crippen molar-refractivity contribution in [3.05, 3.63) is 28.7 Å². The minimum Gasteiger partial charge on any atom is -0.506 e. The first-order valence-electron chi connectivity index (χ1n) is 6.39. The second-order valence-electron chi connectivity index (χ2n) is 4.86. The molecule has 3 rings (SSSR count). The summed E-state index contributed by atoms with van der Waals surface area (Å²) in [6, 6.07) is 5.55. The molecule has 5 nitrogen and oxygen atoms in total. The molecule has 1 fully saturated rings. The van der Waals surface area contributed by atoms with Crippen molar-refractivity contribution < 1.29 is 5.11 Å². The number of phenols is 1. The lowest BCUT2D eigenvalue weighted by Crippen LogP contribution is -2.39. The predicted molar refractivity (Wildman–Crippen MR) is 69.9 cm³/mol. The molecule has 1 atom stereocenters. The Morgan fingerprint density at radius 2 is 2.28 bits per heavy atom. The summed E-state index contributed by atoms with van der Waals surface area (Å²) in [5, 5.41) is 13.1. The molecule has 1 aromatic heterocycles. The molecule has 96 valence electrons. The lowest BCUT2D eigenvalue weighted by Gasteiger charge is -2.23. The maximum atomic E-state index is 11.9. The van der Waals surface area contributed by atoms with Gasteiger partial charge in [0.1, 0.15) is 11.3 Å². The predicted octanol–water partition coefficient (Wildman–Crippen LogP) is 1.18. The summed E-state index contributed by atoms with van der Waals surface area (Å²) in [5.41, 5.74) is 1.14. The lowest BCUT2D eigenvalue weighted by atomic mass is 10.1. The van der Waals surface area contributed by atoms with Gasteiger partial charge in [0, 0.05) is 12.6 Å². The van der Waals surface area contributed by atoms with Crippen molar-refractivity contribution in [2.45, 2.75) is 31.8 Å². The average Bonchev–Trinajstić information content (AvgIpc) is 2.70. The molecular formula is C13H17N3O2. The number of nitrogens with zero attached hydrogens (tertiary/aromatic N) is 1. The number of rotatable bonds is 2. The molecule has 0 radical (unpaired) electrons. The van der Waals surface area contributed by atoms with Crippen LogP contribution in [0.4, 0.5) is 0 Å². The average molecular weight is 247 g/mol. The van der Waals surface area contributed by atoms with Crippen LogP contribution in [0.5, 0.6) is 5.75 Å². The fourth-order valence-corrected chi connectivity index (χ4v) is 2.65. The number of phenolic OH excluding ortho intramolecular Hbond substituents is 1. The summed E-state index contributed by atoms with van der Waals surface area (Å²) < 4.78 is 1.71. The van der Waals surface area contributed by atoms with Gasteiger partial charge in [-0.1, -0.05) is 12.5 Å². The number of fused-ring (bicyclic) bond motifs is 1. The highest BCUT2D eigenvalue weighted by molar-refractivity contribution is 5.81. The maximum Gasteiger partial charge on any atom is 0.326 e. The molecule has 0 bridgehead atoms. The van der Waals surface area contributed by atoms with E-state index in [0.717, 1.165) is 18.5 Å². The van der Waals surface area contributed by atoms with Crippen LogP contribution in [0.25, 0.3) is 11.0 Å². The van der Waals surface area contributed by atoms with Crippen LogP contribution in [0.15, 0.2) is 23.0 Å². The third-order valence-corrected chi connectivity index (χ3v) is 3.60. The Bertz CT molecular complexity index is 608. The minimum atomic E-state index is -0.154. The number of aromatic amines is 1. The van der Waals surface area contributed by atoms with E-state index in [1.54, 1.807) is 16.7 Å². The van der Waals surface area contributed by atoms with Crippen molar-refractivity contribution in [1.29, 1.82) is 0 Å². The molecule has 5 heteroatoms. The Morgan fingerprint density at radius 1 is 1.39 bits per heavy atom. The quantitative estimate of drug-likeness (QED) is 0.746. The zero-order valence-corrected chi connectivity index (χ0v) is 10.1. The van der Waals surface area contributed by atoms with Crippen LogP contribution in [-0.4, -0.2) is 27.2 Å². The standard InChI is InChI=1S/C13H17N3O2/c17-11-6-3-5-10-12(11)15-13(18)16(10)8-9-4-1-2-7-14-9/h3,5-6,9,14,17H,1-2,4,7-8H2,(H,15,18). The van der Waals surface area contributed by atoms with E-state index in [9.17, 15) is 9.90 Å². The Hall–Kier alpha value is -1.75. The minimum absolute atomic E-state index is 0.125. The van der Waals surface area contributed by atoms with Crippen LogP contribution in [-0.2, 0) is 6.54 Å². The SMILES string of the molecule is O=c1[nH]c2c(O)cccc2n1CC1CCCCN1. The number of piperidine rings is 1. The maximum absolute atomic E-state index is 11.9. The van der Waals surface area contributed by atoms with Gasteiger partial charge >= 0.3 is 5.69 Å². The second kappa shape index (κ2) is 4.49. The van der Waals surface area contributed by atoms with Gasteiger partial charge in [0.25, 0.3) is 0 Å². The van der Waals surface area contributed by atoms with Gasteiger partial charge in [-0.3, -0.25) is 4.57 Å². The summed E-state index contributed by atoms with van der Waals surface area (Å²) in [7, 11) is 0. The van der Waals surface area contributed by atoms with Gasteiger partial charge in [-0.15, -0.1) is 0 Å². The second-order valence-corrected chi connectivity index (χ2v) is 4.86. The van der Waals surface area contributed by atoms with Crippen LogP contribution in [0, 0.1) is 0 Å². The van der Waals surface area contributed by atoms with Crippen molar-refractivity contribution >= 4 is 11.0 Å². The number of benzene rings is 1. The van der Waals surface area contributed by atoms with E-state index < -0.39 is 0 Å². The molecule has 3 N–H and O–H groups in total. The molecule has 1 aliphatic heterocycles. The molecule has 18 heavy (non-hydrogen) atoms. The molecule has 1 saturated heterocycles. The van der Waals surface area contributed by atoms with Crippen molar-refractivity contribution in [2.75, 3.05) is 6.54 Å². The van der Waals surface area contributed by atoms with Crippen molar-refractivity contribution in [2.24, 2.45) is 0 Å². The first-order valence-corrected chi connectivity index (χ1v) is 6.39. The fourth-order valence-electron chi connectivity index (χ4n) is 2.65. The number of imidazole rings is 1. The van der Waals surface area contributed by atoms with Gasteiger partial charge in [-0.2, -0.15) is 0 Å². The molecule has 0 spiro atoms. The van der Waals surface area contributed by atoms with Gasteiger partial charge < -0.3 is 15.4 Å². The Balaban J connectivity index is 1.98. The number of hydrogen-bond acceptors (Lipinski definition) is 3. The first-order chi connectivity index (χ1) is 8.75. The van der Waals surface area contributed by atoms with Gasteiger partial charge in [-0.25, -0.2) is 4.79 Å². The van der Waals surface area contributed by atoms with Crippen LogP contribution in [0.1, 0.15) is 19.3 Å². The van der Waals surface area contributed by atoms with Gasteiger partial charge in [-0.05, 0) is 31.5 Å². The van der Waals surface area contributed by atoms with Gasteiger partial charge in [0.2, 0.25) is 0 Å². The monoisotopic (exact) mass is 247 g/mol. The van der Waals surface area contributed by atoms with E-state index in [0.29, 0.717) is 18.1 Å². The van der Waals surface area contributed by atoms with Crippen molar-refractivity contribution in [3.8, 4) is 5.75 Å². The third kappa shape index (κ3) is 1.90. The van der Waals surface area contributed by atoms with Crippen LogP contribution in [0.3, 0.4) is 0 Å². The van der Waals surface area contributed by atoms with Gasteiger partial charge in [0.15, 0.2) is 0 Å². The Labute approximate surface area is 104 Å². The number of aromatic hydroxyl groups is 1. The van der Waals surface area contributed by atoms with Crippen LogP contribution in [0.2, 0.25) is 0 Å². The largest absolute Gasteiger partial charge is 0.506 e. The molecule has 2 aromatic rings. The number of para-hydroxylation sites is 1. The lowest BCUT2D eigenvalue weighted by molar-refractivity contribution is 0.363. The van der Waals surface area contributed by atoms with E-state index in [-0.39, 0.29) is 11.4 Å². The summed E-state index contributed by atoms with van der Waals surface area (Å²) >= 11 is 0.